The Kier molecular flexibility index (Phi) is 5.69. The summed E-state index contributed by atoms with van der Waals surface area (Å²) in [6, 6.07) is 14.3. The van der Waals surface area contributed by atoms with Crippen molar-refractivity contribution in [3.8, 4) is 5.75 Å². The van der Waals surface area contributed by atoms with Crippen molar-refractivity contribution in [2.75, 3.05) is 17.6 Å². The van der Waals surface area contributed by atoms with Crippen molar-refractivity contribution < 1.29 is 17.9 Å². The standard InChI is InChI=1S/C20H23N3O4S/c1-4-28(25,26)22-16-11-9-15(10-12-16)18-13-19(23(21-18)14(2)24)17-7-5-6-8-20(17)27-3/h5-12,19,22H,4,13H2,1-3H3/t19-/m0/s1. The maximum atomic E-state index is 12.2. The molecule has 7 nitrogen and oxygen atoms in total. The van der Waals surface area contributed by atoms with Gasteiger partial charge in [0.05, 0.1) is 24.6 Å². The lowest BCUT2D eigenvalue weighted by Gasteiger charge is -2.22. The normalized spacial score (nSPS) is 16.6. The minimum absolute atomic E-state index is 0.00954. The minimum Gasteiger partial charge on any atom is -0.496 e. The second-order valence-electron chi connectivity index (χ2n) is 6.45. The van der Waals surface area contributed by atoms with E-state index in [4.69, 9.17) is 4.74 Å². The molecule has 0 bridgehead atoms. The van der Waals surface area contributed by atoms with Gasteiger partial charge in [-0.1, -0.05) is 30.3 Å². The molecular formula is C20H23N3O4S. The smallest absolute Gasteiger partial charge is 0.240 e. The Balaban J connectivity index is 1.87. The minimum atomic E-state index is -3.32. The maximum Gasteiger partial charge on any atom is 0.240 e. The van der Waals surface area contributed by atoms with Crippen LogP contribution in [0, 0.1) is 0 Å². The van der Waals surface area contributed by atoms with Crippen LogP contribution in [0.1, 0.15) is 37.4 Å². The number of hydrazone groups is 1. The number of hydrogen-bond acceptors (Lipinski definition) is 5. The van der Waals surface area contributed by atoms with Crippen molar-refractivity contribution in [2.45, 2.75) is 26.3 Å². The molecule has 0 saturated carbocycles. The van der Waals surface area contributed by atoms with Crippen LogP contribution in [0.3, 0.4) is 0 Å². The maximum absolute atomic E-state index is 12.2. The van der Waals surface area contributed by atoms with Crippen LogP contribution in [-0.2, 0) is 14.8 Å². The molecule has 0 saturated heterocycles. The number of sulfonamides is 1. The molecule has 0 spiro atoms. The van der Waals surface area contributed by atoms with Gasteiger partial charge < -0.3 is 4.74 Å². The number of anilines is 1. The van der Waals surface area contributed by atoms with E-state index >= 15 is 0 Å². The molecule has 3 rings (SSSR count). The third kappa shape index (κ3) is 4.17. The zero-order chi connectivity index (χ0) is 20.3. The first-order valence-electron chi connectivity index (χ1n) is 8.95. The number of nitrogens with zero attached hydrogens (tertiary/aromatic N) is 2. The number of benzene rings is 2. The first-order valence-corrected chi connectivity index (χ1v) is 10.6. The van der Waals surface area contributed by atoms with Gasteiger partial charge in [-0.15, -0.1) is 0 Å². The van der Waals surface area contributed by atoms with E-state index in [0.29, 0.717) is 17.9 Å². The van der Waals surface area contributed by atoms with E-state index in [9.17, 15) is 13.2 Å². The Morgan fingerprint density at radius 2 is 1.89 bits per heavy atom. The number of para-hydroxylation sites is 1. The molecule has 28 heavy (non-hydrogen) atoms. The van der Waals surface area contributed by atoms with Gasteiger partial charge in [-0.05, 0) is 30.7 Å². The van der Waals surface area contributed by atoms with E-state index in [1.54, 1.807) is 38.3 Å². The molecule has 1 aliphatic rings. The molecule has 1 heterocycles. The molecule has 0 fully saturated rings. The monoisotopic (exact) mass is 401 g/mol. The fraction of sp³-hybridized carbons (Fsp3) is 0.300. The number of methoxy groups -OCH3 is 1. The van der Waals surface area contributed by atoms with E-state index in [1.807, 2.05) is 24.3 Å². The topological polar surface area (TPSA) is 88.1 Å². The van der Waals surface area contributed by atoms with Gasteiger partial charge in [-0.2, -0.15) is 5.10 Å². The summed E-state index contributed by atoms with van der Waals surface area (Å²) in [4.78, 5) is 12.2. The van der Waals surface area contributed by atoms with Crippen LogP contribution in [-0.4, -0.2) is 37.9 Å². The predicted molar refractivity (Wildman–Crippen MR) is 109 cm³/mol. The molecule has 148 valence electrons. The van der Waals surface area contributed by atoms with Gasteiger partial charge in [0.1, 0.15) is 5.75 Å². The second-order valence-corrected chi connectivity index (χ2v) is 8.47. The average Bonchev–Trinajstić information content (AvgIpc) is 3.14. The molecular weight excluding hydrogens is 378 g/mol. The molecule has 0 aromatic heterocycles. The summed E-state index contributed by atoms with van der Waals surface area (Å²) in [7, 11) is -1.72. The molecule has 1 aliphatic heterocycles. The van der Waals surface area contributed by atoms with Crippen LogP contribution >= 0.6 is 0 Å². The number of carbonyl (C=O) groups is 1. The van der Waals surface area contributed by atoms with Crippen molar-refractivity contribution in [1.82, 2.24) is 5.01 Å². The highest BCUT2D eigenvalue weighted by Gasteiger charge is 2.33. The molecule has 2 aromatic rings. The van der Waals surface area contributed by atoms with Gasteiger partial charge in [0.25, 0.3) is 0 Å². The third-order valence-corrected chi connectivity index (χ3v) is 5.91. The summed E-state index contributed by atoms with van der Waals surface area (Å²) in [6.45, 7) is 3.07. The zero-order valence-corrected chi connectivity index (χ0v) is 16.9. The van der Waals surface area contributed by atoms with Crippen molar-refractivity contribution in [1.29, 1.82) is 0 Å². The van der Waals surface area contributed by atoms with Crippen molar-refractivity contribution in [2.24, 2.45) is 5.10 Å². The van der Waals surface area contributed by atoms with Crippen molar-refractivity contribution in [3.05, 3.63) is 59.7 Å². The second kappa shape index (κ2) is 8.02. The Morgan fingerprint density at radius 3 is 2.50 bits per heavy atom. The van der Waals surface area contributed by atoms with E-state index in [1.165, 1.54) is 11.9 Å². The van der Waals surface area contributed by atoms with Gasteiger partial charge in [-0.25, -0.2) is 13.4 Å². The Morgan fingerprint density at radius 1 is 1.21 bits per heavy atom. The number of hydrogen-bond donors (Lipinski definition) is 1. The molecule has 8 heteroatoms. The molecule has 1 N–H and O–H groups in total. The molecule has 2 aromatic carbocycles. The lowest BCUT2D eigenvalue weighted by atomic mass is 9.97. The number of carbonyl (C=O) groups excluding carboxylic acids is 1. The van der Waals surface area contributed by atoms with Crippen LogP contribution in [0.4, 0.5) is 5.69 Å². The first-order chi connectivity index (χ1) is 13.3. The van der Waals surface area contributed by atoms with Crippen LogP contribution in [0.5, 0.6) is 5.75 Å². The summed E-state index contributed by atoms with van der Waals surface area (Å²) in [5.41, 5.74) is 2.99. The fourth-order valence-electron chi connectivity index (χ4n) is 3.14. The number of ether oxygens (including phenoxy) is 1. The van der Waals surface area contributed by atoms with Gasteiger partial charge in [0, 0.05) is 24.6 Å². The van der Waals surface area contributed by atoms with E-state index < -0.39 is 10.0 Å². The van der Waals surface area contributed by atoms with Crippen LogP contribution in [0.25, 0.3) is 0 Å². The van der Waals surface area contributed by atoms with Crippen molar-refractivity contribution in [3.63, 3.8) is 0 Å². The highest BCUT2D eigenvalue weighted by Crippen LogP contribution is 2.37. The molecule has 1 atom stereocenters. The highest BCUT2D eigenvalue weighted by atomic mass is 32.2. The third-order valence-electron chi connectivity index (χ3n) is 4.60. The number of nitrogens with one attached hydrogen (secondary N) is 1. The summed E-state index contributed by atoms with van der Waals surface area (Å²) in [6.07, 6.45) is 0.542. The lowest BCUT2D eigenvalue weighted by molar-refractivity contribution is -0.130. The SMILES string of the molecule is CCS(=O)(=O)Nc1ccc(C2=NN(C(C)=O)[C@H](c3ccccc3OC)C2)cc1. The summed E-state index contributed by atoms with van der Waals surface area (Å²) < 4.78 is 31.4. The summed E-state index contributed by atoms with van der Waals surface area (Å²) in [5.74, 6) is 0.563. The number of amides is 1. The van der Waals surface area contributed by atoms with E-state index in [-0.39, 0.29) is 17.7 Å². The fourth-order valence-corrected chi connectivity index (χ4v) is 3.78. The molecule has 0 radical (unpaired) electrons. The quantitative estimate of drug-likeness (QED) is 0.805. The van der Waals surface area contributed by atoms with Gasteiger partial charge in [0.2, 0.25) is 15.9 Å². The summed E-state index contributed by atoms with van der Waals surface area (Å²) >= 11 is 0. The molecule has 0 aliphatic carbocycles. The first kappa shape index (κ1) is 19.9. The highest BCUT2D eigenvalue weighted by molar-refractivity contribution is 7.92. The van der Waals surface area contributed by atoms with Crippen molar-refractivity contribution >= 4 is 27.3 Å². The zero-order valence-electron chi connectivity index (χ0n) is 16.0. The lowest BCUT2D eigenvalue weighted by Crippen LogP contribution is -2.24. The van der Waals surface area contributed by atoms with Crippen LogP contribution in [0.2, 0.25) is 0 Å². The Hall–Kier alpha value is -2.87. The van der Waals surface area contributed by atoms with Gasteiger partial charge >= 0.3 is 0 Å². The van der Waals surface area contributed by atoms with Crippen LogP contribution < -0.4 is 9.46 Å². The molecule has 0 unspecified atom stereocenters. The largest absolute Gasteiger partial charge is 0.496 e. The van der Waals surface area contributed by atoms with Crippen LogP contribution in [0.15, 0.2) is 53.6 Å². The Bertz CT molecular complexity index is 1000. The molecule has 1 amide bonds. The van der Waals surface area contributed by atoms with Gasteiger partial charge in [-0.3, -0.25) is 9.52 Å². The van der Waals surface area contributed by atoms with E-state index in [2.05, 4.69) is 9.82 Å². The van der Waals surface area contributed by atoms with Gasteiger partial charge in [0.15, 0.2) is 0 Å². The van der Waals surface area contributed by atoms with E-state index in [0.717, 1.165) is 16.8 Å². The summed E-state index contributed by atoms with van der Waals surface area (Å²) in [5, 5.41) is 5.99. The number of rotatable bonds is 6. The predicted octanol–water partition coefficient (Wildman–Crippen LogP) is 3.15. The average molecular weight is 401 g/mol. The Labute approximate surface area is 165 Å².